The molecule has 2 aliphatic rings. The van der Waals surface area contributed by atoms with Crippen molar-refractivity contribution in [2.24, 2.45) is 0 Å². The number of pyridine rings is 1. The summed E-state index contributed by atoms with van der Waals surface area (Å²) in [5, 5.41) is 13.9. The van der Waals surface area contributed by atoms with Gasteiger partial charge in [0, 0.05) is 30.8 Å². The Hall–Kier alpha value is -2.78. The van der Waals surface area contributed by atoms with Gasteiger partial charge in [-0.15, -0.1) is 5.10 Å². The van der Waals surface area contributed by atoms with E-state index in [2.05, 4.69) is 32.3 Å². The molecule has 1 N–H and O–H groups in total. The average Bonchev–Trinajstić information content (AvgIpc) is 3.57. The molecule has 0 amide bonds. The zero-order valence-corrected chi connectivity index (χ0v) is 20.8. The van der Waals surface area contributed by atoms with Crippen molar-refractivity contribution in [3.63, 3.8) is 0 Å². The van der Waals surface area contributed by atoms with Gasteiger partial charge in [0.1, 0.15) is 5.75 Å². The number of nitrogens with zero attached hydrogens (tertiary/aromatic N) is 5. The third-order valence-corrected chi connectivity index (χ3v) is 7.57. The lowest BCUT2D eigenvalue weighted by molar-refractivity contribution is 0.0734. The summed E-state index contributed by atoms with van der Waals surface area (Å²) < 4.78 is 13.1. The fraction of sp³-hybridized carbons (Fsp3) is 0.615. The molecule has 2 aromatic heterocycles. The summed E-state index contributed by atoms with van der Waals surface area (Å²) in [6, 6.07) is 8.24. The second-order valence-corrected chi connectivity index (χ2v) is 9.82. The molecule has 35 heavy (non-hydrogen) atoms. The van der Waals surface area contributed by atoms with Crippen LogP contribution in [-0.4, -0.2) is 56.0 Å². The number of hydrogen-bond donors (Lipinski definition) is 1. The van der Waals surface area contributed by atoms with Crippen LogP contribution in [0.5, 0.6) is 5.75 Å². The van der Waals surface area contributed by atoms with E-state index in [0.29, 0.717) is 19.1 Å². The van der Waals surface area contributed by atoms with Gasteiger partial charge in [-0.1, -0.05) is 26.2 Å². The van der Waals surface area contributed by atoms with Gasteiger partial charge in [-0.3, -0.25) is 9.69 Å². The molecule has 0 bridgehead atoms. The van der Waals surface area contributed by atoms with Crippen molar-refractivity contribution < 1.29 is 9.47 Å². The summed E-state index contributed by atoms with van der Waals surface area (Å²) in [5.74, 6) is 1.60. The fourth-order valence-electron chi connectivity index (χ4n) is 5.70. The van der Waals surface area contributed by atoms with Crippen LogP contribution in [0, 0.1) is 0 Å². The summed E-state index contributed by atoms with van der Waals surface area (Å²) in [7, 11) is 1.63. The SMILES string of the molecule is CC[C@@H](c1nnnn1C[C@@H]1CCCO1)N(Cc1cc2ccc(OC)cc2[nH]c1=O)C1CCCCC1. The van der Waals surface area contributed by atoms with Gasteiger partial charge in [0.15, 0.2) is 5.82 Å². The molecular weight excluding hydrogens is 444 g/mol. The van der Waals surface area contributed by atoms with E-state index in [1.54, 1.807) is 7.11 Å². The van der Waals surface area contributed by atoms with Gasteiger partial charge in [-0.05, 0) is 66.1 Å². The lowest BCUT2D eigenvalue weighted by Gasteiger charge is -2.39. The largest absolute Gasteiger partial charge is 0.497 e. The van der Waals surface area contributed by atoms with Crippen LogP contribution in [0.15, 0.2) is 29.1 Å². The Balaban J connectivity index is 1.47. The number of tetrazole rings is 1. The molecule has 0 unspecified atom stereocenters. The van der Waals surface area contributed by atoms with E-state index in [1.165, 1.54) is 19.3 Å². The summed E-state index contributed by atoms with van der Waals surface area (Å²) in [6.07, 6.45) is 9.13. The zero-order chi connectivity index (χ0) is 24.2. The van der Waals surface area contributed by atoms with Gasteiger partial charge in [0.05, 0.1) is 31.3 Å². The van der Waals surface area contributed by atoms with Gasteiger partial charge in [-0.25, -0.2) is 4.68 Å². The molecule has 1 saturated heterocycles. The van der Waals surface area contributed by atoms with Crippen molar-refractivity contribution >= 4 is 10.9 Å². The van der Waals surface area contributed by atoms with Crippen molar-refractivity contribution in [1.29, 1.82) is 0 Å². The van der Waals surface area contributed by atoms with E-state index in [4.69, 9.17) is 9.47 Å². The number of fused-ring (bicyclic) bond motifs is 1. The quantitative estimate of drug-likeness (QED) is 0.494. The van der Waals surface area contributed by atoms with Crippen LogP contribution in [0.4, 0.5) is 0 Å². The highest BCUT2D eigenvalue weighted by Gasteiger charge is 2.32. The first-order valence-electron chi connectivity index (χ1n) is 13.0. The number of aromatic nitrogens is 5. The first kappa shape index (κ1) is 23.9. The summed E-state index contributed by atoms with van der Waals surface area (Å²) in [5.41, 5.74) is 1.50. The molecule has 3 heterocycles. The summed E-state index contributed by atoms with van der Waals surface area (Å²) >= 11 is 0. The minimum Gasteiger partial charge on any atom is -0.497 e. The Bertz CT molecular complexity index is 1180. The monoisotopic (exact) mass is 480 g/mol. The van der Waals surface area contributed by atoms with Crippen LogP contribution in [0.1, 0.15) is 75.7 Å². The normalized spacial score (nSPS) is 20.0. The van der Waals surface area contributed by atoms with E-state index < -0.39 is 0 Å². The first-order valence-corrected chi connectivity index (χ1v) is 13.0. The summed E-state index contributed by atoms with van der Waals surface area (Å²) in [4.78, 5) is 18.7. The Morgan fingerprint density at radius 1 is 1.20 bits per heavy atom. The molecular formula is C26H36N6O3. The molecule has 1 aromatic carbocycles. The van der Waals surface area contributed by atoms with Crippen LogP contribution in [-0.2, 0) is 17.8 Å². The maximum Gasteiger partial charge on any atom is 0.252 e. The highest BCUT2D eigenvalue weighted by atomic mass is 16.5. The van der Waals surface area contributed by atoms with Crippen molar-refractivity contribution in [2.45, 2.75) is 89.6 Å². The zero-order valence-electron chi connectivity index (χ0n) is 20.8. The second-order valence-electron chi connectivity index (χ2n) is 9.82. The predicted octanol–water partition coefficient (Wildman–Crippen LogP) is 3.99. The number of benzene rings is 1. The lowest BCUT2D eigenvalue weighted by Crippen LogP contribution is -2.41. The van der Waals surface area contributed by atoms with Crippen LogP contribution in [0.25, 0.3) is 10.9 Å². The topological polar surface area (TPSA) is 98.2 Å². The standard InChI is InChI=1S/C26H36N6O3/c1-3-24(25-28-29-30-32(25)17-22-10-7-13-35-22)31(20-8-5-4-6-9-20)16-19-14-18-11-12-21(34-2)15-23(18)27-26(19)33/h11-12,14-15,20,22,24H,3-10,13,16-17H2,1-2H3,(H,27,33)/t22-,24-/m0/s1. The second kappa shape index (κ2) is 10.9. The van der Waals surface area contributed by atoms with E-state index in [-0.39, 0.29) is 17.7 Å². The Kier molecular flexibility index (Phi) is 7.43. The fourth-order valence-corrected chi connectivity index (χ4v) is 5.70. The van der Waals surface area contributed by atoms with Crippen LogP contribution in [0.2, 0.25) is 0 Å². The Labute approximate surface area is 205 Å². The molecule has 1 aliphatic carbocycles. The van der Waals surface area contributed by atoms with E-state index in [0.717, 1.165) is 66.8 Å². The molecule has 3 aromatic rings. The van der Waals surface area contributed by atoms with Gasteiger partial charge in [0.25, 0.3) is 5.56 Å². The Morgan fingerprint density at radius 2 is 2.06 bits per heavy atom. The molecule has 9 nitrogen and oxygen atoms in total. The molecule has 1 saturated carbocycles. The number of nitrogens with one attached hydrogen (secondary N) is 1. The Morgan fingerprint density at radius 3 is 2.80 bits per heavy atom. The predicted molar refractivity (Wildman–Crippen MR) is 133 cm³/mol. The molecule has 0 radical (unpaired) electrons. The maximum absolute atomic E-state index is 13.2. The number of methoxy groups -OCH3 is 1. The van der Waals surface area contributed by atoms with Crippen LogP contribution >= 0.6 is 0 Å². The number of H-pyrrole nitrogens is 1. The van der Waals surface area contributed by atoms with Crippen LogP contribution < -0.4 is 10.3 Å². The lowest BCUT2D eigenvalue weighted by atomic mass is 9.92. The minimum atomic E-state index is -0.0552. The molecule has 2 fully saturated rings. The van der Waals surface area contributed by atoms with E-state index in [1.807, 2.05) is 28.9 Å². The van der Waals surface area contributed by atoms with Crippen molar-refractivity contribution in [3.8, 4) is 5.75 Å². The average molecular weight is 481 g/mol. The first-order chi connectivity index (χ1) is 17.2. The number of aromatic amines is 1. The number of ether oxygens (including phenoxy) is 2. The molecule has 2 atom stereocenters. The molecule has 5 rings (SSSR count). The summed E-state index contributed by atoms with van der Waals surface area (Å²) in [6.45, 7) is 4.23. The van der Waals surface area contributed by atoms with E-state index in [9.17, 15) is 4.79 Å². The van der Waals surface area contributed by atoms with Crippen molar-refractivity contribution in [3.05, 3.63) is 46.0 Å². The number of hydrogen-bond acceptors (Lipinski definition) is 7. The van der Waals surface area contributed by atoms with Gasteiger partial charge in [-0.2, -0.15) is 0 Å². The highest BCUT2D eigenvalue weighted by Crippen LogP contribution is 2.33. The van der Waals surface area contributed by atoms with Crippen molar-refractivity contribution in [1.82, 2.24) is 30.1 Å². The smallest absolute Gasteiger partial charge is 0.252 e. The highest BCUT2D eigenvalue weighted by molar-refractivity contribution is 5.80. The molecule has 0 spiro atoms. The van der Waals surface area contributed by atoms with Gasteiger partial charge in [0.2, 0.25) is 0 Å². The number of rotatable bonds is 9. The maximum atomic E-state index is 13.2. The van der Waals surface area contributed by atoms with Gasteiger partial charge >= 0.3 is 0 Å². The van der Waals surface area contributed by atoms with Crippen LogP contribution in [0.3, 0.4) is 0 Å². The molecule has 9 heteroatoms. The van der Waals surface area contributed by atoms with Crippen molar-refractivity contribution in [2.75, 3.05) is 13.7 Å². The third-order valence-electron chi connectivity index (χ3n) is 7.57. The third kappa shape index (κ3) is 5.26. The van der Waals surface area contributed by atoms with Gasteiger partial charge < -0.3 is 14.5 Å². The molecule has 1 aliphatic heterocycles. The molecule has 188 valence electrons. The minimum absolute atomic E-state index is 0.0282. The van der Waals surface area contributed by atoms with E-state index >= 15 is 0 Å².